The minimum atomic E-state index is -0.498. The Kier molecular flexibility index (Phi) is 6.36. The minimum Gasteiger partial charge on any atom is -0.342 e. The number of aromatic nitrogens is 1. The second-order valence-electron chi connectivity index (χ2n) is 6.44. The number of carbonyl (C=O) groups excluding carboxylic acids is 1. The summed E-state index contributed by atoms with van der Waals surface area (Å²) in [6.07, 6.45) is 6.77. The first-order chi connectivity index (χ1) is 12.9. The zero-order valence-corrected chi connectivity index (χ0v) is 18.2. The first kappa shape index (κ1) is 20.1. The first-order valence-corrected chi connectivity index (χ1v) is 10.4. The number of carbonyl (C=O) groups is 1. The molecular formula is C20H16Br2ClN3O. The molecule has 1 aliphatic rings. The molecule has 1 fully saturated rings. The summed E-state index contributed by atoms with van der Waals surface area (Å²) in [6, 6.07) is 11.4. The van der Waals surface area contributed by atoms with Crippen LogP contribution in [-0.2, 0) is 10.3 Å². The number of hydrogen-bond acceptors (Lipinski definition) is 3. The van der Waals surface area contributed by atoms with Crippen LogP contribution in [0.4, 0.5) is 0 Å². The molecule has 2 aromatic rings. The number of hydrogen-bond donors (Lipinski definition) is 1. The van der Waals surface area contributed by atoms with Crippen molar-refractivity contribution in [2.75, 3.05) is 0 Å². The predicted molar refractivity (Wildman–Crippen MR) is 113 cm³/mol. The van der Waals surface area contributed by atoms with Crippen LogP contribution in [-0.4, -0.2) is 10.9 Å². The van der Waals surface area contributed by atoms with Crippen molar-refractivity contribution >= 4 is 55.4 Å². The lowest BCUT2D eigenvalue weighted by molar-refractivity contribution is -0.119. The number of nitrogens with zero attached hydrogens (tertiary/aromatic N) is 2. The van der Waals surface area contributed by atoms with Crippen LogP contribution in [0.25, 0.3) is 6.08 Å². The molecule has 0 unspecified atom stereocenters. The molecule has 4 nitrogen and oxygen atoms in total. The Bertz CT molecular complexity index is 946. The second-order valence-corrected chi connectivity index (χ2v) is 8.65. The van der Waals surface area contributed by atoms with E-state index in [1.807, 2.05) is 36.4 Å². The van der Waals surface area contributed by atoms with Gasteiger partial charge >= 0.3 is 0 Å². The molecule has 0 atom stereocenters. The fourth-order valence-corrected chi connectivity index (χ4v) is 4.64. The topological polar surface area (TPSA) is 65.8 Å². The number of pyridine rings is 1. The van der Waals surface area contributed by atoms with E-state index in [4.69, 9.17) is 11.6 Å². The van der Waals surface area contributed by atoms with Gasteiger partial charge in [0, 0.05) is 20.2 Å². The zero-order valence-electron chi connectivity index (χ0n) is 14.3. The number of nitriles is 1. The summed E-state index contributed by atoms with van der Waals surface area (Å²) < 4.78 is 1.50. The number of nitrogens with one attached hydrogen (secondary N) is 1. The van der Waals surface area contributed by atoms with Gasteiger partial charge in [0.2, 0.25) is 0 Å². The number of rotatable bonds is 4. The fourth-order valence-electron chi connectivity index (χ4n) is 3.35. The molecule has 1 heterocycles. The van der Waals surface area contributed by atoms with Crippen molar-refractivity contribution in [1.29, 1.82) is 5.26 Å². The Morgan fingerprint density at radius 2 is 2.04 bits per heavy atom. The quantitative estimate of drug-likeness (QED) is 0.421. The maximum atomic E-state index is 12.9. The van der Waals surface area contributed by atoms with E-state index in [1.54, 1.807) is 6.20 Å². The van der Waals surface area contributed by atoms with E-state index >= 15 is 0 Å². The molecule has 1 saturated carbocycles. The van der Waals surface area contributed by atoms with Gasteiger partial charge in [-0.05, 0) is 74.5 Å². The fraction of sp³-hybridized carbons (Fsp3) is 0.250. The monoisotopic (exact) mass is 507 g/mol. The lowest BCUT2D eigenvalue weighted by Gasteiger charge is -2.31. The summed E-state index contributed by atoms with van der Waals surface area (Å²) in [7, 11) is 0. The standard InChI is InChI=1S/C20H16Br2ClN3O/c21-15-10-17(22)18(25-12-15)8-13(11-24)19(27)26-20(6-1-2-7-20)14-4-3-5-16(23)9-14/h3-5,8-10,12H,1-2,6-7H2,(H,26,27)/b13-8+. The summed E-state index contributed by atoms with van der Waals surface area (Å²) in [5.41, 5.74) is 1.01. The van der Waals surface area contributed by atoms with Crippen molar-refractivity contribution in [3.8, 4) is 6.07 Å². The Morgan fingerprint density at radius 3 is 2.67 bits per heavy atom. The van der Waals surface area contributed by atoms with Gasteiger partial charge in [0.1, 0.15) is 11.6 Å². The maximum absolute atomic E-state index is 12.9. The Hall–Kier alpha value is -1.68. The van der Waals surface area contributed by atoms with Crippen LogP contribution in [0.15, 0.2) is 51.0 Å². The molecule has 0 saturated heterocycles. The molecule has 1 amide bonds. The van der Waals surface area contributed by atoms with Crippen molar-refractivity contribution in [2.45, 2.75) is 31.2 Å². The van der Waals surface area contributed by atoms with E-state index < -0.39 is 11.4 Å². The lowest BCUT2D eigenvalue weighted by atomic mass is 9.87. The van der Waals surface area contributed by atoms with E-state index in [0.29, 0.717) is 15.2 Å². The molecule has 7 heteroatoms. The van der Waals surface area contributed by atoms with E-state index in [9.17, 15) is 10.1 Å². The minimum absolute atomic E-state index is 0.0128. The lowest BCUT2D eigenvalue weighted by Crippen LogP contribution is -2.44. The molecule has 0 aliphatic heterocycles. The summed E-state index contributed by atoms with van der Waals surface area (Å²) >= 11 is 12.9. The average Bonchev–Trinajstić information content (AvgIpc) is 3.11. The third kappa shape index (κ3) is 4.60. The van der Waals surface area contributed by atoms with E-state index in [1.165, 1.54) is 6.08 Å². The van der Waals surface area contributed by atoms with Gasteiger partial charge in [-0.25, -0.2) is 0 Å². The Morgan fingerprint density at radius 1 is 1.30 bits per heavy atom. The predicted octanol–water partition coefficient (Wildman–Crippen LogP) is 5.75. The van der Waals surface area contributed by atoms with Crippen molar-refractivity contribution in [1.82, 2.24) is 10.3 Å². The van der Waals surface area contributed by atoms with Crippen LogP contribution in [0.2, 0.25) is 5.02 Å². The molecule has 0 spiro atoms. The normalized spacial score (nSPS) is 16.0. The zero-order chi connectivity index (χ0) is 19.4. The van der Waals surface area contributed by atoms with Gasteiger partial charge in [0.15, 0.2) is 0 Å². The van der Waals surface area contributed by atoms with E-state index in [0.717, 1.165) is 35.7 Å². The molecule has 1 aromatic heterocycles. The molecule has 1 aliphatic carbocycles. The highest BCUT2D eigenvalue weighted by molar-refractivity contribution is 9.11. The third-order valence-corrected chi connectivity index (χ3v) is 5.97. The summed E-state index contributed by atoms with van der Waals surface area (Å²) in [6.45, 7) is 0. The Balaban J connectivity index is 1.91. The number of benzene rings is 1. The van der Waals surface area contributed by atoms with Gasteiger partial charge < -0.3 is 5.32 Å². The van der Waals surface area contributed by atoms with Crippen LogP contribution >= 0.6 is 43.5 Å². The molecule has 0 bridgehead atoms. The Labute approximate surface area is 179 Å². The van der Waals surface area contributed by atoms with Gasteiger partial charge in [0.25, 0.3) is 5.91 Å². The highest BCUT2D eigenvalue weighted by Crippen LogP contribution is 2.39. The van der Waals surface area contributed by atoms with Crippen LogP contribution < -0.4 is 5.32 Å². The summed E-state index contributed by atoms with van der Waals surface area (Å²) in [5.74, 6) is -0.406. The average molecular weight is 510 g/mol. The third-order valence-electron chi connectivity index (χ3n) is 4.67. The van der Waals surface area contributed by atoms with Crippen molar-refractivity contribution in [3.05, 3.63) is 67.3 Å². The molecule has 3 rings (SSSR count). The van der Waals surface area contributed by atoms with Gasteiger partial charge in [-0.15, -0.1) is 0 Å². The van der Waals surface area contributed by atoms with Crippen LogP contribution in [0.3, 0.4) is 0 Å². The van der Waals surface area contributed by atoms with Crippen LogP contribution in [0.5, 0.6) is 0 Å². The highest BCUT2D eigenvalue weighted by Gasteiger charge is 2.37. The van der Waals surface area contributed by atoms with Gasteiger partial charge in [-0.1, -0.05) is 36.6 Å². The molecule has 1 N–H and O–H groups in total. The first-order valence-electron chi connectivity index (χ1n) is 8.45. The largest absolute Gasteiger partial charge is 0.342 e. The summed E-state index contributed by atoms with van der Waals surface area (Å²) in [5, 5.41) is 13.3. The van der Waals surface area contributed by atoms with E-state index in [2.05, 4.69) is 42.2 Å². The molecule has 1 aromatic carbocycles. The number of amides is 1. The van der Waals surface area contributed by atoms with Crippen molar-refractivity contribution < 1.29 is 4.79 Å². The highest BCUT2D eigenvalue weighted by atomic mass is 79.9. The van der Waals surface area contributed by atoms with Crippen LogP contribution in [0, 0.1) is 11.3 Å². The van der Waals surface area contributed by atoms with Crippen LogP contribution in [0.1, 0.15) is 36.9 Å². The molecular weight excluding hydrogens is 494 g/mol. The summed E-state index contributed by atoms with van der Waals surface area (Å²) in [4.78, 5) is 17.1. The second kappa shape index (κ2) is 8.55. The molecule has 27 heavy (non-hydrogen) atoms. The van der Waals surface area contributed by atoms with Gasteiger partial charge in [-0.2, -0.15) is 5.26 Å². The van der Waals surface area contributed by atoms with Crippen molar-refractivity contribution in [2.24, 2.45) is 0 Å². The smallest absolute Gasteiger partial charge is 0.262 e. The maximum Gasteiger partial charge on any atom is 0.262 e. The molecule has 0 radical (unpaired) electrons. The van der Waals surface area contributed by atoms with Gasteiger partial charge in [0.05, 0.1) is 11.2 Å². The van der Waals surface area contributed by atoms with E-state index in [-0.39, 0.29) is 5.57 Å². The molecule has 138 valence electrons. The number of halogens is 3. The van der Waals surface area contributed by atoms with Gasteiger partial charge in [-0.3, -0.25) is 9.78 Å². The van der Waals surface area contributed by atoms with Crippen molar-refractivity contribution in [3.63, 3.8) is 0 Å². The SMILES string of the molecule is N#C/C(=C\c1ncc(Br)cc1Br)C(=O)NC1(c2cccc(Cl)c2)CCCC1.